The molecule has 25 heavy (non-hydrogen) atoms. The van der Waals surface area contributed by atoms with Crippen molar-refractivity contribution in [2.24, 2.45) is 5.10 Å². The van der Waals surface area contributed by atoms with Gasteiger partial charge in [0.25, 0.3) is 0 Å². The van der Waals surface area contributed by atoms with Crippen molar-refractivity contribution in [1.29, 1.82) is 0 Å². The van der Waals surface area contributed by atoms with Crippen LogP contribution in [0.25, 0.3) is 0 Å². The van der Waals surface area contributed by atoms with Gasteiger partial charge < -0.3 is 4.90 Å². The highest BCUT2D eigenvalue weighted by Crippen LogP contribution is 2.15. The zero-order valence-corrected chi connectivity index (χ0v) is 16.1. The Morgan fingerprint density at radius 1 is 1.12 bits per heavy atom. The van der Waals surface area contributed by atoms with Gasteiger partial charge in [0, 0.05) is 25.5 Å². The summed E-state index contributed by atoms with van der Waals surface area (Å²) in [4.78, 5) is 13.9. The van der Waals surface area contributed by atoms with E-state index in [4.69, 9.17) is 0 Å². The van der Waals surface area contributed by atoms with E-state index in [1.165, 1.54) is 16.7 Å². The first-order valence-electron chi connectivity index (χ1n) is 8.18. The number of carbonyl (C=O) groups excluding carboxylic acids is 1. The highest BCUT2D eigenvalue weighted by atomic mass is 32.2. The molecule has 0 saturated carbocycles. The van der Waals surface area contributed by atoms with E-state index < -0.39 is 0 Å². The minimum Gasteiger partial charge on any atom is -0.378 e. The third-order valence-electron chi connectivity index (χ3n) is 3.60. The minimum atomic E-state index is -0.0875. The number of nitrogens with one attached hydrogen (secondary N) is 1. The fourth-order valence-electron chi connectivity index (χ4n) is 2.48. The van der Waals surface area contributed by atoms with Gasteiger partial charge in [0.2, 0.25) is 5.91 Å². The molecule has 0 atom stereocenters. The summed E-state index contributed by atoms with van der Waals surface area (Å²) in [6.07, 6.45) is 1.66. The molecule has 2 aromatic rings. The number of hydrogen-bond donors (Lipinski definition) is 1. The molecule has 0 aliphatic carbocycles. The molecule has 0 fully saturated rings. The highest BCUT2D eigenvalue weighted by Gasteiger charge is 2.02. The van der Waals surface area contributed by atoms with Gasteiger partial charge in [-0.25, -0.2) is 5.43 Å². The lowest BCUT2D eigenvalue weighted by Gasteiger charge is -2.11. The predicted molar refractivity (Wildman–Crippen MR) is 109 cm³/mol. The molecule has 0 aromatic heterocycles. The lowest BCUT2D eigenvalue weighted by molar-refractivity contribution is -0.118. The van der Waals surface area contributed by atoms with Crippen molar-refractivity contribution in [3.8, 4) is 0 Å². The van der Waals surface area contributed by atoms with Crippen LogP contribution in [0.5, 0.6) is 0 Å². The quantitative estimate of drug-likeness (QED) is 0.608. The maximum atomic E-state index is 11.8. The van der Waals surface area contributed by atoms with Gasteiger partial charge >= 0.3 is 0 Å². The van der Waals surface area contributed by atoms with E-state index in [0.29, 0.717) is 5.75 Å². The molecular weight excluding hydrogens is 330 g/mol. The Labute approximate surface area is 154 Å². The fraction of sp³-hybridized carbons (Fsp3) is 0.300. The van der Waals surface area contributed by atoms with E-state index in [0.717, 1.165) is 17.0 Å². The SMILES string of the molecule is Cc1cc(C)cc(CSCC(=O)N/N=C/c2ccc(N(C)C)cc2)c1. The summed E-state index contributed by atoms with van der Waals surface area (Å²) >= 11 is 1.59. The molecule has 4 nitrogen and oxygen atoms in total. The van der Waals surface area contributed by atoms with Gasteiger partial charge in [0.1, 0.15) is 0 Å². The number of thioether (sulfide) groups is 1. The molecule has 5 heteroatoms. The standard InChI is InChI=1S/C20H25N3OS/c1-15-9-16(2)11-18(10-15)13-25-14-20(24)22-21-12-17-5-7-19(8-6-17)23(3)4/h5-12H,13-14H2,1-4H3,(H,22,24)/b21-12+. The number of hydrogen-bond acceptors (Lipinski definition) is 4. The number of hydrazone groups is 1. The molecule has 0 spiro atoms. The van der Waals surface area contributed by atoms with Gasteiger partial charge in [-0.3, -0.25) is 4.79 Å². The number of rotatable bonds is 7. The molecule has 2 rings (SSSR count). The van der Waals surface area contributed by atoms with Crippen LogP contribution in [0.3, 0.4) is 0 Å². The Hall–Kier alpha value is -2.27. The third-order valence-corrected chi connectivity index (χ3v) is 4.60. The average molecular weight is 356 g/mol. The highest BCUT2D eigenvalue weighted by molar-refractivity contribution is 7.99. The van der Waals surface area contributed by atoms with Crippen LogP contribution in [0.2, 0.25) is 0 Å². The van der Waals surface area contributed by atoms with Crippen LogP contribution >= 0.6 is 11.8 Å². The van der Waals surface area contributed by atoms with Crippen LogP contribution in [-0.4, -0.2) is 32.0 Å². The Morgan fingerprint density at radius 2 is 1.76 bits per heavy atom. The molecule has 0 heterocycles. The van der Waals surface area contributed by atoms with Crippen LogP contribution in [0.15, 0.2) is 47.6 Å². The molecule has 1 amide bonds. The Balaban J connectivity index is 1.74. The summed E-state index contributed by atoms with van der Waals surface area (Å²) in [7, 11) is 4.00. The van der Waals surface area contributed by atoms with Crippen LogP contribution in [-0.2, 0) is 10.5 Å². The first-order valence-corrected chi connectivity index (χ1v) is 9.34. The number of anilines is 1. The molecule has 0 radical (unpaired) electrons. The molecule has 0 bridgehead atoms. The van der Waals surface area contributed by atoms with Gasteiger partial charge in [0.05, 0.1) is 12.0 Å². The van der Waals surface area contributed by atoms with E-state index in [9.17, 15) is 4.79 Å². The van der Waals surface area contributed by atoms with Crippen molar-refractivity contribution in [1.82, 2.24) is 5.43 Å². The molecule has 0 unspecified atom stereocenters. The summed E-state index contributed by atoms with van der Waals surface area (Å²) in [5.74, 6) is 1.13. The molecule has 132 valence electrons. The Morgan fingerprint density at radius 3 is 2.36 bits per heavy atom. The van der Waals surface area contributed by atoms with E-state index >= 15 is 0 Å². The molecule has 0 aliphatic heterocycles. The molecule has 0 saturated heterocycles. The van der Waals surface area contributed by atoms with Crippen LogP contribution in [0.1, 0.15) is 22.3 Å². The van der Waals surface area contributed by atoms with Gasteiger partial charge in [-0.1, -0.05) is 41.5 Å². The number of aryl methyl sites for hydroxylation is 2. The Kier molecular flexibility index (Phi) is 7.07. The van der Waals surface area contributed by atoms with Crippen molar-refractivity contribution in [3.05, 3.63) is 64.7 Å². The average Bonchev–Trinajstić information content (AvgIpc) is 2.54. The molecule has 2 aromatic carbocycles. The summed E-state index contributed by atoms with van der Waals surface area (Å²) in [5, 5.41) is 4.02. The van der Waals surface area contributed by atoms with Crippen molar-refractivity contribution in [3.63, 3.8) is 0 Å². The van der Waals surface area contributed by atoms with E-state index in [1.54, 1.807) is 18.0 Å². The number of amides is 1. The minimum absolute atomic E-state index is 0.0875. The second-order valence-electron chi connectivity index (χ2n) is 6.27. The zero-order valence-electron chi connectivity index (χ0n) is 15.2. The number of carbonyl (C=O) groups is 1. The number of nitrogens with zero attached hydrogens (tertiary/aromatic N) is 2. The van der Waals surface area contributed by atoms with Crippen LogP contribution in [0, 0.1) is 13.8 Å². The predicted octanol–water partition coefficient (Wildman–Crippen LogP) is 3.75. The van der Waals surface area contributed by atoms with Crippen LogP contribution < -0.4 is 10.3 Å². The second-order valence-corrected chi connectivity index (χ2v) is 7.25. The zero-order chi connectivity index (χ0) is 18.2. The molecule has 1 N–H and O–H groups in total. The smallest absolute Gasteiger partial charge is 0.250 e. The maximum absolute atomic E-state index is 11.8. The van der Waals surface area contributed by atoms with Crippen molar-refractivity contribution >= 4 is 29.6 Å². The summed E-state index contributed by atoms with van der Waals surface area (Å²) in [6.45, 7) is 4.18. The first kappa shape index (κ1) is 19.1. The van der Waals surface area contributed by atoms with Gasteiger partial charge in [0.15, 0.2) is 0 Å². The fourth-order valence-corrected chi connectivity index (χ4v) is 3.24. The monoisotopic (exact) mass is 355 g/mol. The van der Waals surface area contributed by atoms with Gasteiger partial charge in [-0.05, 0) is 37.1 Å². The van der Waals surface area contributed by atoms with Crippen molar-refractivity contribution in [2.45, 2.75) is 19.6 Å². The summed E-state index contributed by atoms with van der Waals surface area (Å²) < 4.78 is 0. The number of benzene rings is 2. The van der Waals surface area contributed by atoms with E-state index in [1.807, 2.05) is 43.3 Å². The third kappa shape index (κ3) is 6.63. The Bertz CT molecular complexity index is 719. The maximum Gasteiger partial charge on any atom is 0.250 e. The summed E-state index contributed by atoms with van der Waals surface area (Å²) in [6, 6.07) is 14.5. The second kappa shape index (κ2) is 9.28. The lowest BCUT2D eigenvalue weighted by atomic mass is 10.1. The molecule has 0 aliphatic rings. The van der Waals surface area contributed by atoms with Gasteiger partial charge in [-0.2, -0.15) is 5.10 Å². The van der Waals surface area contributed by atoms with Crippen molar-refractivity contribution < 1.29 is 4.79 Å². The topological polar surface area (TPSA) is 44.7 Å². The van der Waals surface area contributed by atoms with Crippen molar-refractivity contribution in [2.75, 3.05) is 24.7 Å². The first-order chi connectivity index (χ1) is 11.9. The molecular formula is C20H25N3OS. The largest absolute Gasteiger partial charge is 0.378 e. The van der Waals surface area contributed by atoms with Crippen LogP contribution in [0.4, 0.5) is 5.69 Å². The summed E-state index contributed by atoms with van der Waals surface area (Å²) in [5.41, 5.74) is 8.42. The lowest BCUT2D eigenvalue weighted by Crippen LogP contribution is -2.19. The van der Waals surface area contributed by atoms with E-state index in [-0.39, 0.29) is 5.91 Å². The van der Waals surface area contributed by atoms with E-state index in [2.05, 4.69) is 42.6 Å². The normalized spacial score (nSPS) is 10.9. The van der Waals surface area contributed by atoms with Gasteiger partial charge in [-0.15, -0.1) is 11.8 Å².